The number of methoxy groups -OCH3 is 2. The van der Waals surface area contributed by atoms with Crippen LogP contribution in [0.5, 0.6) is 0 Å². The summed E-state index contributed by atoms with van der Waals surface area (Å²) < 4.78 is 10.1. The lowest BCUT2D eigenvalue weighted by Crippen LogP contribution is -2.23. The number of H-pyrrole nitrogens is 1. The Morgan fingerprint density at radius 1 is 0.967 bits per heavy atom. The lowest BCUT2D eigenvalue weighted by Gasteiger charge is -2.27. The van der Waals surface area contributed by atoms with Crippen LogP contribution in [0.2, 0.25) is 0 Å². The summed E-state index contributed by atoms with van der Waals surface area (Å²) in [5.41, 5.74) is 4.14. The van der Waals surface area contributed by atoms with Crippen LogP contribution in [0, 0.1) is 0 Å². The highest BCUT2D eigenvalue weighted by molar-refractivity contribution is 8.04. The number of carbonyl (C=O) groups is 2. The maximum Gasteiger partial charge on any atom is 0.345 e. The van der Waals surface area contributed by atoms with Crippen molar-refractivity contribution in [3.8, 4) is 0 Å². The number of benzene rings is 2. The molecule has 1 atom stereocenters. The fraction of sp³-hybridized carbons (Fsp3) is 0.217. The van der Waals surface area contributed by atoms with Gasteiger partial charge >= 0.3 is 11.9 Å². The first-order chi connectivity index (χ1) is 14.5. The number of thioether (sulfide) groups is 1. The summed E-state index contributed by atoms with van der Waals surface area (Å²) in [6, 6.07) is 15.9. The van der Waals surface area contributed by atoms with Gasteiger partial charge in [-0.25, -0.2) is 9.59 Å². The SMILES string of the molecule is COC(=O)C1=C(C(=O)OC)C(c2ccc(N(C)C)cc2)c2c([nH]c3ccccc23)S1. The second-order valence-electron chi connectivity index (χ2n) is 7.16. The maximum absolute atomic E-state index is 12.9. The van der Waals surface area contributed by atoms with E-state index >= 15 is 0 Å². The number of hydrogen-bond donors (Lipinski definition) is 1. The van der Waals surface area contributed by atoms with E-state index in [1.165, 1.54) is 26.0 Å². The van der Waals surface area contributed by atoms with Gasteiger partial charge in [0.2, 0.25) is 0 Å². The van der Waals surface area contributed by atoms with Crippen molar-refractivity contribution in [2.75, 3.05) is 33.2 Å². The molecule has 1 aliphatic heterocycles. The fourth-order valence-electron chi connectivity index (χ4n) is 3.80. The Hall–Kier alpha value is -3.19. The van der Waals surface area contributed by atoms with Crippen molar-refractivity contribution in [3.63, 3.8) is 0 Å². The Labute approximate surface area is 178 Å². The van der Waals surface area contributed by atoms with E-state index in [0.29, 0.717) is 5.57 Å². The van der Waals surface area contributed by atoms with Crippen molar-refractivity contribution in [2.45, 2.75) is 10.9 Å². The standard InChI is InChI=1S/C23H22N2O4S/c1-25(2)14-11-9-13(10-12-14)17-18-15-7-5-6-8-16(15)24-21(18)30-20(23(27)29-4)19(17)22(26)28-3/h5-12,17,24H,1-4H3. The van der Waals surface area contributed by atoms with Gasteiger partial charge in [0.1, 0.15) is 4.91 Å². The van der Waals surface area contributed by atoms with Crippen molar-refractivity contribution >= 4 is 40.3 Å². The van der Waals surface area contributed by atoms with E-state index in [4.69, 9.17) is 9.47 Å². The second kappa shape index (κ2) is 7.91. The topological polar surface area (TPSA) is 71.6 Å². The molecule has 0 bridgehead atoms. The Bertz CT molecular complexity index is 1160. The van der Waals surface area contributed by atoms with Gasteiger partial charge in [0.25, 0.3) is 0 Å². The molecule has 0 fully saturated rings. The third-order valence-electron chi connectivity index (χ3n) is 5.26. The molecule has 3 aromatic rings. The number of esters is 2. The zero-order valence-electron chi connectivity index (χ0n) is 17.2. The molecule has 1 unspecified atom stereocenters. The normalized spacial score (nSPS) is 15.7. The number of rotatable bonds is 4. The maximum atomic E-state index is 12.9. The number of anilines is 1. The third-order valence-corrected chi connectivity index (χ3v) is 6.37. The van der Waals surface area contributed by atoms with Crippen molar-refractivity contribution < 1.29 is 19.1 Å². The zero-order valence-corrected chi connectivity index (χ0v) is 18.0. The van der Waals surface area contributed by atoms with Gasteiger partial charge in [0.05, 0.1) is 24.8 Å². The summed E-state index contributed by atoms with van der Waals surface area (Å²) in [4.78, 5) is 31.2. The summed E-state index contributed by atoms with van der Waals surface area (Å²) in [7, 11) is 6.58. The van der Waals surface area contributed by atoms with Gasteiger partial charge in [0, 0.05) is 42.2 Å². The first-order valence-electron chi connectivity index (χ1n) is 9.42. The van der Waals surface area contributed by atoms with Gasteiger partial charge in [0.15, 0.2) is 0 Å². The minimum Gasteiger partial charge on any atom is -0.466 e. The molecule has 0 saturated heterocycles. The molecule has 0 radical (unpaired) electrons. The van der Waals surface area contributed by atoms with Crippen molar-refractivity contribution in [3.05, 3.63) is 70.1 Å². The van der Waals surface area contributed by atoms with Gasteiger partial charge in [-0.1, -0.05) is 42.1 Å². The smallest absolute Gasteiger partial charge is 0.345 e. The predicted octanol–water partition coefficient (Wildman–Crippen LogP) is 4.07. The van der Waals surface area contributed by atoms with Crippen LogP contribution in [0.4, 0.5) is 5.69 Å². The Morgan fingerprint density at radius 2 is 1.63 bits per heavy atom. The lowest BCUT2D eigenvalue weighted by atomic mass is 9.83. The molecule has 2 heterocycles. The van der Waals surface area contributed by atoms with Gasteiger partial charge in [-0.15, -0.1) is 0 Å². The molecule has 2 aromatic carbocycles. The summed E-state index contributed by atoms with van der Waals surface area (Å²) in [6.45, 7) is 0. The number of carbonyl (C=O) groups excluding carboxylic acids is 2. The van der Waals surface area contributed by atoms with E-state index in [1.54, 1.807) is 0 Å². The van der Waals surface area contributed by atoms with Gasteiger partial charge < -0.3 is 19.4 Å². The van der Waals surface area contributed by atoms with E-state index in [0.717, 1.165) is 32.7 Å². The summed E-state index contributed by atoms with van der Waals surface area (Å²) in [5, 5.41) is 1.83. The first-order valence-corrected chi connectivity index (χ1v) is 10.2. The number of para-hydroxylation sites is 1. The van der Waals surface area contributed by atoms with E-state index < -0.39 is 17.9 Å². The van der Waals surface area contributed by atoms with Crippen LogP contribution in [-0.4, -0.2) is 45.2 Å². The second-order valence-corrected chi connectivity index (χ2v) is 8.18. The van der Waals surface area contributed by atoms with Crippen LogP contribution in [0.1, 0.15) is 17.0 Å². The van der Waals surface area contributed by atoms with E-state index in [2.05, 4.69) is 4.98 Å². The first kappa shape index (κ1) is 20.1. The monoisotopic (exact) mass is 422 g/mol. The third kappa shape index (κ3) is 3.25. The number of nitrogens with one attached hydrogen (secondary N) is 1. The highest BCUT2D eigenvalue weighted by Gasteiger charge is 2.39. The average Bonchev–Trinajstić information content (AvgIpc) is 3.15. The Balaban J connectivity index is 2.01. The van der Waals surface area contributed by atoms with Gasteiger partial charge in [-0.2, -0.15) is 0 Å². The lowest BCUT2D eigenvalue weighted by molar-refractivity contribution is -0.139. The number of nitrogens with zero attached hydrogens (tertiary/aromatic N) is 1. The number of ether oxygens (including phenoxy) is 2. The molecule has 4 rings (SSSR count). The highest BCUT2D eigenvalue weighted by Crippen LogP contribution is 2.50. The van der Waals surface area contributed by atoms with Crippen molar-refractivity contribution in [1.82, 2.24) is 4.98 Å². The molecule has 30 heavy (non-hydrogen) atoms. The minimum atomic E-state index is -0.556. The van der Waals surface area contributed by atoms with E-state index in [-0.39, 0.29) is 4.91 Å². The molecule has 154 valence electrons. The molecule has 1 aliphatic rings. The summed E-state index contributed by atoms with van der Waals surface area (Å²) >= 11 is 1.21. The molecular formula is C23H22N2O4S. The van der Waals surface area contributed by atoms with Crippen LogP contribution < -0.4 is 4.90 Å². The van der Waals surface area contributed by atoms with Crippen molar-refractivity contribution in [1.29, 1.82) is 0 Å². The average molecular weight is 423 g/mol. The van der Waals surface area contributed by atoms with E-state index in [9.17, 15) is 9.59 Å². The molecule has 0 saturated carbocycles. The zero-order chi connectivity index (χ0) is 21.4. The predicted molar refractivity (Wildman–Crippen MR) is 118 cm³/mol. The molecule has 0 aliphatic carbocycles. The number of hydrogen-bond acceptors (Lipinski definition) is 6. The summed E-state index contributed by atoms with van der Waals surface area (Å²) in [6.07, 6.45) is 0. The van der Waals surface area contributed by atoms with Crippen molar-refractivity contribution in [2.24, 2.45) is 0 Å². The molecule has 1 aromatic heterocycles. The minimum absolute atomic E-state index is 0.241. The van der Waals surface area contributed by atoms with E-state index in [1.807, 2.05) is 67.5 Å². The molecule has 0 amide bonds. The number of aromatic nitrogens is 1. The van der Waals surface area contributed by atoms with Gasteiger partial charge in [-0.3, -0.25) is 0 Å². The molecule has 6 nitrogen and oxygen atoms in total. The number of fused-ring (bicyclic) bond motifs is 3. The fourth-order valence-corrected chi connectivity index (χ4v) is 4.98. The van der Waals surface area contributed by atoms with Crippen LogP contribution in [-0.2, 0) is 19.1 Å². The largest absolute Gasteiger partial charge is 0.466 e. The van der Waals surface area contributed by atoms with Crippen LogP contribution in [0.15, 0.2) is 64.0 Å². The molecule has 7 heteroatoms. The Morgan fingerprint density at radius 3 is 2.27 bits per heavy atom. The van der Waals surface area contributed by atoms with Crippen LogP contribution in [0.25, 0.3) is 10.9 Å². The Kier molecular flexibility index (Phi) is 5.30. The van der Waals surface area contributed by atoms with Crippen LogP contribution in [0.3, 0.4) is 0 Å². The summed E-state index contributed by atoms with van der Waals surface area (Å²) in [5.74, 6) is -1.56. The molecular weight excluding hydrogens is 400 g/mol. The van der Waals surface area contributed by atoms with Gasteiger partial charge in [-0.05, 0) is 23.8 Å². The highest BCUT2D eigenvalue weighted by atomic mass is 32.2. The quantitative estimate of drug-likeness (QED) is 0.639. The molecule has 0 spiro atoms. The van der Waals surface area contributed by atoms with Crippen LogP contribution >= 0.6 is 11.8 Å². The number of aromatic amines is 1. The molecule has 1 N–H and O–H groups in total.